The van der Waals surface area contributed by atoms with E-state index in [0.717, 1.165) is 12.2 Å². The van der Waals surface area contributed by atoms with Crippen LogP contribution in [0.2, 0.25) is 0 Å². The molecule has 0 heterocycles. The van der Waals surface area contributed by atoms with Crippen molar-refractivity contribution < 1.29 is 4.74 Å². The van der Waals surface area contributed by atoms with E-state index >= 15 is 0 Å². The van der Waals surface area contributed by atoms with E-state index in [9.17, 15) is 0 Å². The fourth-order valence-electron chi connectivity index (χ4n) is 4.68. The average molecular weight is 414 g/mol. The highest BCUT2D eigenvalue weighted by molar-refractivity contribution is 5.30. The maximum atomic E-state index is 5.94. The van der Waals surface area contributed by atoms with Crippen molar-refractivity contribution >= 4 is 0 Å². The van der Waals surface area contributed by atoms with Gasteiger partial charge in [0.25, 0.3) is 0 Å². The second kappa shape index (κ2) is 11.2. The summed E-state index contributed by atoms with van der Waals surface area (Å²) in [6, 6.07) is 31.2. The number of aryl methyl sites for hydroxylation is 1. The zero-order valence-electron chi connectivity index (χ0n) is 18.7. The van der Waals surface area contributed by atoms with Crippen LogP contribution in [-0.4, -0.2) is 12.1 Å². The summed E-state index contributed by atoms with van der Waals surface area (Å²) in [5.74, 6) is 1.64. The van der Waals surface area contributed by atoms with Gasteiger partial charge >= 0.3 is 0 Å². The van der Waals surface area contributed by atoms with Crippen molar-refractivity contribution in [3.63, 3.8) is 0 Å². The van der Waals surface area contributed by atoms with Crippen molar-refractivity contribution in [3.05, 3.63) is 102 Å². The van der Waals surface area contributed by atoms with Gasteiger partial charge in [-0.25, -0.2) is 0 Å². The number of nitrogens with one attached hydrogen (secondary N) is 1. The molecule has 0 aromatic heterocycles. The number of hydrogen-bond donors (Lipinski definition) is 1. The fourth-order valence-corrected chi connectivity index (χ4v) is 4.68. The molecule has 0 spiro atoms. The lowest BCUT2D eigenvalue weighted by Crippen LogP contribution is -2.39. The first-order chi connectivity index (χ1) is 15.3. The SMILES string of the molecule is CC(CCc1ccccc1)NC1CCC(c2ccc(OCc3ccccc3)cc2)CC1. The molecule has 1 aliphatic carbocycles. The molecule has 1 unspecified atom stereocenters. The summed E-state index contributed by atoms with van der Waals surface area (Å²) in [5, 5.41) is 3.88. The molecule has 1 aliphatic rings. The Labute approximate surface area is 187 Å². The van der Waals surface area contributed by atoms with Gasteiger partial charge in [-0.3, -0.25) is 0 Å². The summed E-state index contributed by atoms with van der Waals surface area (Å²) >= 11 is 0. The van der Waals surface area contributed by atoms with Crippen molar-refractivity contribution in [3.8, 4) is 5.75 Å². The Morgan fingerprint density at radius 3 is 2.03 bits per heavy atom. The Kier molecular flexibility index (Phi) is 7.79. The number of benzene rings is 3. The monoisotopic (exact) mass is 413 g/mol. The third kappa shape index (κ3) is 6.70. The molecule has 0 radical (unpaired) electrons. The van der Waals surface area contributed by atoms with E-state index < -0.39 is 0 Å². The first-order valence-electron chi connectivity index (χ1n) is 11.8. The standard InChI is InChI=1S/C29H35NO/c1-23(12-13-24-8-4-2-5-9-24)30-28-18-14-26(15-19-28)27-16-20-29(21-17-27)31-22-25-10-6-3-7-11-25/h2-11,16-17,20-21,23,26,28,30H,12-15,18-19,22H2,1H3. The Balaban J connectivity index is 1.18. The minimum absolute atomic E-state index is 0.572. The van der Waals surface area contributed by atoms with Gasteiger partial charge in [-0.15, -0.1) is 0 Å². The van der Waals surface area contributed by atoms with Crippen LogP contribution >= 0.6 is 0 Å². The van der Waals surface area contributed by atoms with Gasteiger partial charge in [-0.1, -0.05) is 72.8 Å². The van der Waals surface area contributed by atoms with Crippen molar-refractivity contribution in [1.29, 1.82) is 0 Å². The molecule has 2 heteroatoms. The van der Waals surface area contributed by atoms with Crippen molar-refractivity contribution in [1.82, 2.24) is 5.32 Å². The molecule has 2 nitrogen and oxygen atoms in total. The molecule has 31 heavy (non-hydrogen) atoms. The average Bonchev–Trinajstić information content (AvgIpc) is 2.84. The molecule has 0 bridgehead atoms. The van der Waals surface area contributed by atoms with Crippen molar-refractivity contribution in [2.75, 3.05) is 0 Å². The maximum Gasteiger partial charge on any atom is 0.119 e. The summed E-state index contributed by atoms with van der Waals surface area (Å²) in [5.41, 5.74) is 4.11. The van der Waals surface area contributed by atoms with Crippen LogP contribution in [0.25, 0.3) is 0 Å². The molecule has 0 aliphatic heterocycles. The molecule has 1 fully saturated rings. The number of hydrogen-bond acceptors (Lipinski definition) is 2. The second-order valence-corrected chi connectivity index (χ2v) is 8.98. The van der Waals surface area contributed by atoms with Gasteiger partial charge in [0.15, 0.2) is 0 Å². The Morgan fingerprint density at radius 1 is 0.774 bits per heavy atom. The molecule has 1 atom stereocenters. The molecule has 162 valence electrons. The van der Waals surface area contributed by atoms with E-state index in [4.69, 9.17) is 4.74 Å². The largest absolute Gasteiger partial charge is 0.489 e. The predicted octanol–water partition coefficient (Wildman–Crippen LogP) is 6.90. The molecule has 1 saturated carbocycles. The molecule has 3 aromatic carbocycles. The minimum atomic E-state index is 0.572. The van der Waals surface area contributed by atoms with Gasteiger partial charge in [0, 0.05) is 12.1 Å². The van der Waals surface area contributed by atoms with Gasteiger partial charge < -0.3 is 10.1 Å². The summed E-state index contributed by atoms with van der Waals surface area (Å²) in [4.78, 5) is 0. The third-order valence-corrected chi connectivity index (χ3v) is 6.56. The lowest BCUT2D eigenvalue weighted by Gasteiger charge is -2.31. The van der Waals surface area contributed by atoms with Crippen LogP contribution in [0.1, 0.15) is 61.6 Å². The molecular formula is C29H35NO. The van der Waals surface area contributed by atoms with Crippen LogP contribution in [0, 0.1) is 0 Å². The highest BCUT2D eigenvalue weighted by Crippen LogP contribution is 2.34. The van der Waals surface area contributed by atoms with Crippen LogP contribution in [0.4, 0.5) is 0 Å². The van der Waals surface area contributed by atoms with Crippen LogP contribution in [-0.2, 0) is 13.0 Å². The first kappa shape index (κ1) is 21.6. The lowest BCUT2D eigenvalue weighted by atomic mass is 9.81. The van der Waals surface area contributed by atoms with Gasteiger partial charge in [-0.05, 0) is 80.2 Å². The summed E-state index contributed by atoms with van der Waals surface area (Å²) in [6.07, 6.45) is 7.44. The van der Waals surface area contributed by atoms with E-state index in [2.05, 4.69) is 91.1 Å². The maximum absolute atomic E-state index is 5.94. The Bertz CT molecular complexity index is 883. The zero-order chi connectivity index (χ0) is 21.3. The molecule has 3 aromatic rings. The summed E-state index contributed by atoms with van der Waals surface area (Å²) in [7, 11) is 0. The van der Waals surface area contributed by atoms with E-state index in [0.29, 0.717) is 24.6 Å². The second-order valence-electron chi connectivity index (χ2n) is 8.98. The van der Waals surface area contributed by atoms with Gasteiger partial charge in [0.1, 0.15) is 12.4 Å². The third-order valence-electron chi connectivity index (χ3n) is 6.56. The van der Waals surface area contributed by atoms with Crippen LogP contribution in [0.15, 0.2) is 84.9 Å². The Morgan fingerprint density at radius 2 is 1.39 bits per heavy atom. The summed E-state index contributed by atoms with van der Waals surface area (Å²) in [6.45, 7) is 2.96. The summed E-state index contributed by atoms with van der Waals surface area (Å²) < 4.78 is 5.94. The van der Waals surface area contributed by atoms with Crippen LogP contribution in [0.3, 0.4) is 0 Å². The smallest absolute Gasteiger partial charge is 0.119 e. The van der Waals surface area contributed by atoms with E-state index in [1.165, 1.54) is 48.8 Å². The first-order valence-corrected chi connectivity index (χ1v) is 11.8. The normalized spacial score (nSPS) is 19.6. The molecule has 0 amide bonds. The van der Waals surface area contributed by atoms with Crippen molar-refractivity contribution in [2.24, 2.45) is 0 Å². The van der Waals surface area contributed by atoms with E-state index in [1.54, 1.807) is 0 Å². The Hall–Kier alpha value is -2.58. The number of rotatable bonds is 9. The zero-order valence-corrected chi connectivity index (χ0v) is 18.7. The molecule has 4 rings (SSSR count). The molecule has 0 saturated heterocycles. The topological polar surface area (TPSA) is 21.3 Å². The van der Waals surface area contributed by atoms with Crippen LogP contribution < -0.4 is 10.1 Å². The molecule has 1 N–H and O–H groups in total. The predicted molar refractivity (Wildman–Crippen MR) is 130 cm³/mol. The highest BCUT2D eigenvalue weighted by Gasteiger charge is 2.23. The van der Waals surface area contributed by atoms with Gasteiger partial charge in [0.05, 0.1) is 0 Å². The fraction of sp³-hybridized carbons (Fsp3) is 0.379. The van der Waals surface area contributed by atoms with Crippen molar-refractivity contribution in [2.45, 2.75) is 70.1 Å². The minimum Gasteiger partial charge on any atom is -0.489 e. The quantitative estimate of drug-likeness (QED) is 0.412. The van der Waals surface area contributed by atoms with E-state index in [-0.39, 0.29) is 0 Å². The molecular weight excluding hydrogens is 378 g/mol. The van der Waals surface area contributed by atoms with Crippen LogP contribution in [0.5, 0.6) is 5.75 Å². The van der Waals surface area contributed by atoms with Gasteiger partial charge in [-0.2, -0.15) is 0 Å². The van der Waals surface area contributed by atoms with Gasteiger partial charge in [0.2, 0.25) is 0 Å². The van der Waals surface area contributed by atoms with E-state index in [1.807, 2.05) is 6.07 Å². The number of ether oxygens (including phenoxy) is 1. The lowest BCUT2D eigenvalue weighted by molar-refractivity contribution is 0.304. The highest BCUT2D eigenvalue weighted by atomic mass is 16.5.